The topological polar surface area (TPSA) is 54.5 Å². The number of nitrogens with one attached hydrogen (secondary N) is 1. The van der Waals surface area contributed by atoms with Crippen LogP contribution in [0.3, 0.4) is 0 Å². The first-order valence-electron chi connectivity index (χ1n) is 5.42. The molecule has 1 heterocycles. The Morgan fingerprint density at radius 3 is 2.59 bits per heavy atom. The van der Waals surface area contributed by atoms with Gasteiger partial charge in [-0.3, -0.25) is 5.32 Å². The number of carbonyl (C=O) groups excluding carboxylic acids is 1. The van der Waals surface area contributed by atoms with Crippen LogP contribution in [0, 0.1) is 0 Å². The smallest absolute Gasteiger partial charge is 0.412 e. The number of anilines is 2. The molecule has 0 saturated heterocycles. The van der Waals surface area contributed by atoms with Gasteiger partial charge in [-0.05, 0) is 32.9 Å². The molecular formula is C12H19N3O2. The normalized spacial score (nSPS) is 10.9. The number of ether oxygens (including phenoxy) is 1. The predicted molar refractivity (Wildman–Crippen MR) is 68.4 cm³/mol. The van der Waals surface area contributed by atoms with Crippen LogP contribution in [0.25, 0.3) is 0 Å². The summed E-state index contributed by atoms with van der Waals surface area (Å²) in [5.41, 5.74) is 0.122. The van der Waals surface area contributed by atoms with E-state index in [2.05, 4.69) is 10.3 Å². The zero-order chi connectivity index (χ0) is 13.1. The second-order valence-electron chi connectivity index (χ2n) is 4.90. The highest BCUT2D eigenvalue weighted by Gasteiger charge is 2.17. The minimum atomic E-state index is -0.509. The third-order valence-corrected chi connectivity index (χ3v) is 1.85. The van der Waals surface area contributed by atoms with E-state index in [-0.39, 0.29) is 0 Å². The van der Waals surface area contributed by atoms with Gasteiger partial charge in [-0.2, -0.15) is 0 Å². The number of carbonyl (C=O) groups is 1. The van der Waals surface area contributed by atoms with Gasteiger partial charge in [0.1, 0.15) is 5.60 Å². The first kappa shape index (κ1) is 13.3. The molecule has 17 heavy (non-hydrogen) atoms. The molecule has 0 radical (unpaired) electrons. The van der Waals surface area contributed by atoms with Gasteiger partial charge in [-0.15, -0.1) is 0 Å². The molecule has 0 aliphatic heterocycles. The number of hydrogen-bond donors (Lipinski definition) is 1. The average molecular weight is 237 g/mol. The second-order valence-corrected chi connectivity index (χ2v) is 4.90. The molecule has 0 unspecified atom stereocenters. The summed E-state index contributed by atoms with van der Waals surface area (Å²) in [6.45, 7) is 5.47. The van der Waals surface area contributed by atoms with Crippen molar-refractivity contribution in [3.05, 3.63) is 18.3 Å². The van der Waals surface area contributed by atoms with Crippen LogP contribution in [-0.4, -0.2) is 30.8 Å². The summed E-state index contributed by atoms with van der Waals surface area (Å²) in [7, 11) is 3.73. The van der Waals surface area contributed by atoms with Crippen LogP contribution >= 0.6 is 0 Å². The Bertz CT molecular complexity index is 397. The van der Waals surface area contributed by atoms with Crippen molar-refractivity contribution in [1.82, 2.24) is 4.98 Å². The van der Waals surface area contributed by atoms with Gasteiger partial charge in [0, 0.05) is 20.3 Å². The summed E-state index contributed by atoms with van der Waals surface area (Å²) in [6.07, 6.45) is 1.20. The lowest BCUT2D eigenvalue weighted by molar-refractivity contribution is 0.0636. The summed E-state index contributed by atoms with van der Waals surface area (Å²) in [5, 5.41) is 2.68. The van der Waals surface area contributed by atoms with Crippen LogP contribution in [0.5, 0.6) is 0 Å². The molecule has 0 aliphatic rings. The number of rotatable bonds is 2. The minimum Gasteiger partial charge on any atom is -0.444 e. The molecule has 0 bridgehead atoms. The fraction of sp³-hybridized carbons (Fsp3) is 0.500. The molecule has 1 aromatic heterocycles. The van der Waals surface area contributed by atoms with Gasteiger partial charge >= 0.3 is 6.09 Å². The van der Waals surface area contributed by atoms with Gasteiger partial charge in [0.2, 0.25) is 0 Å². The highest BCUT2D eigenvalue weighted by Crippen LogP contribution is 2.21. The molecule has 1 aromatic rings. The van der Waals surface area contributed by atoms with E-state index in [1.807, 2.05) is 39.8 Å². The van der Waals surface area contributed by atoms with Gasteiger partial charge in [0.15, 0.2) is 5.82 Å². The Labute approximate surface area is 102 Å². The molecule has 1 rings (SSSR count). The zero-order valence-electron chi connectivity index (χ0n) is 10.9. The van der Waals surface area contributed by atoms with Crippen LogP contribution in [0.4, 0.5) is 16.3 Å². The first-order valence-corrected chi connectivity index (χ1v) is 5.42. The van der Waals surface area contributed by atoms with Crippen molar-refractivity contribution in [2.75, 3.05) is 24.3 Å². The molecule has 5 heteroatoms. The Morgan fingerprint density at radius 2 is 2.06 bits per heavy atom. The molecule has 0 aliphatic carbocycles. The summed E-state index contributed by atoms with van der Waals surface area (Å²) >= 11 is 0. The van der Waals surface area contributed by atoms with Crippen LogP contribution in [0.1, 0.15) is 20.8 Å². The summed E-state index contributed by atoms with van der Waals surface area (Å²) < 4.78 is 5.18. The highest BCUT2D eigenvalue weighted by atomic mass is 16.6. The molecule has 0 aromatic carbocycles. The lowest BCUT2D eigenvalue weighted by Gasteiger charge is -2.21. The Kier molecular flexibility index (Phi) is 3.93. The van der Waals surface area contributed by atoms with E-state index in [4.69, 9.17) is 4.74 Å². The molecule has 0 saturated carbocycles. The third-order valence-electron chi connectivity index (χ3n) is 1.85. The molecule has 0 atom stereocenters. The molecule has 1 amide bonds. The summed E-state index contributed by atoms with van der Waals surface area (Å²) in [5.74, 6) is 0.693. The first-order chi connectivity index (χ1) is 7.79. The van der Waals surface area contributed by atoms with Crippen LogP contribution < -0.4 is 10.2 Å². The van der Waals surface area contributed by atoms with Crippen molar-refractivity contribution in [1.29, 1.82) is 0 Å². The van der Waals surface area contributed by atoms with E-state index >= 15 is 0 Å². The van der Waals surface area contributed by atoms with E-state index in [1.165, 1.54) is 0 Å². The lowest BCUT2D eigenvalue weighted by atomic mass is 10.2. The average Bonchev–Trinajstić information content (AvgIpc) is 2.14. The highest BCUT2D eigenvalue weighted by molar-refractivity contribution is 5.88. The molecular weight excluding hydrogens is 218 g/mol. The van der Waals surface area contributed by atoms with Gasteiger partial charge in [0.25, 0.3) is 0 Å². The number of nitrogens with zero attached hydrogens (tertiary/aromatic N) is 2. The van der Waals surface area contributed by atoms with Gasteiger partial charge in [-0.1, -0.05) is 0 Å². The minimum absolute atomic E-state index is 0.478. The monoisotopic (exact) mass is 237 g/mol. The summed E-state index contributed by atoms with van der Waals surface area (Å²) in [4.78, 5) is 17.6. The maximum absolute atomic E-state index is 11.6. The Balaban J connectivity index is 2.78. The Hall–Kier alpha value is -1.78. The predicted octanol–water partition coefficient (Wildman–Crippen LogP) is 2.49. The standard InChI is InChI=1S/C12H19N3O2/c1-12(2,3)17-11(16)14-9-7-6-8-13-10(9)15(4)5/h6-8H,1-5H3,(H,14,16). The fourth-order valence-electron chi connectivity index (χ4n) is 1.26. The van der Waals surface area contributed by atoms with E-state index in [9.17, 15) is 4.79 Å². The molecule has 0 spiro atoms. The van der Waals surface area contributed by atoms with Gasteiger partial charge in [-0.25, -0.2) is 9.78 Å². The van der Waals surface area contributed by atoms with Gasteiger partial charge < -0.3 is 9.64 Å². The van der Waals surface area contributed by atoms with E-state index in [1.54, 1.807) is 18.3 Å². The number of hydrogen-bond acceptors (Lipinski definition) is 4. The van der Waals surface area contributed by atoms with Crippen molar-refractivity contribution in [2.45, 2.75) is 26.4 Å². The maximum Gasteiger partial charge on any atom is 0.412 e. The largest absolute Gasteiger partial charge is 0.444 e. The third kappa shape index (κ3) is 4.30. The lowest BCUT2D eigenvalue weighted by Crippen LogP contribution is -2.28. The van der Waals surface area contributed by atoms with Crippen LogP contribution in [0.15, 0.2) is 18.3 Å². The molecule has 5 nitrogen and oxygen atoms in total. The van der Waals surface area contributed by atoms with Gasteiger partial charge in [0.05, 0.1) is 5.69 Å². The SMILES string of the molecule is CN(C)c1ncccc1NC(=O)OC(C)(C)C. The summed E-state index contributed by atoms with van der Waals surface area (Å²) in [6, 6.07) is 3.55. The van der Waals surface area contributed by atoms with Crippen LogP contribution in [0.2, 0.25) is 0 Å². The number of amides is 1. The maximum atomic E-state index is 11.6. The number of pyridine rings is 1. The second kappa shape index (κ2) is 5.03. The van der Waals surface area contributed by atoms with E-state index in [0.29, 0.717) is 11.5 Å². The van der Waals surface area contributed by atoms with E-state index < -0.39 is 11.7 Å². The van der Waals surface area contributed by atoms with Crippen molar-refractivity contribution in [2.24, 2.45) is 0 Å². The number of aromatic nitrogens is 1. The fourth-order valence-corrected chi connectivity index (χ4v) is 1.26. The quantitative estimate of drug-likeness (QED) is 0.858. The Morgan fingerprint density at radius 1 is 1.41 bits per heavy atom. The molecule has 1 N–H and O–H groups in total. The van der Waals surface area contributed by atoms with Crippen molar-refractivity contribution >= 4 is 17.6 Å². The van der Waals surface area contributed by atoms with E-state index in [0.717, 1.165) is 0 Å². The zero-order valence-corrected chi connectivity index (χ0v) is 10.9. The van der Waals surface area contributed by atoms with Crippen molar-refractivity contribution in [3.8, 4) is 0 Å². The molecule has 0 fully saturated rings. The van der Waals surface area contributed by atoms with Crippen LogP contribution in [-0.2, 0) is 4.74 Å². The molecule has 94 valence electrons. The van der Waals surface area contributed by atoms with Crippen molar-refractivity contribution in [3.63, 3.8) is 0 Å². The van der Waals surface area contributed by atoms with Crippen molar-refractivity contribution < 1.29 is 9.53 Å².